The summed E-state index contributed by atoms with van der Waals surface area (Å²) in [6.07, 6.45) is 3.75. The van der Waals surface area contributed by atoms with Gasteiger partial charge in [0.05, 0.1) is 19.3 Å². The highest BCUT2D eigenvalue weighted by Gasteiger charge is 2.28. The summed E-state index contributed by atoms with van der Waals surface area (Å²) in [5, 5.41) is 11.0. The van der Waals surface area contributed by atoms with Crippen LogP contribution in [0.1, 0.15) is 33.1 Å². The Labute approximate surface area is 192 Å². The second-order valence-electron chi connectivity index (χ2n) is 7.96. The molecule has 0 spiro atoms. The molecule has 6 heteroatoms. The van der Waals surface area contributed by atoms with Crippen LogP contribution >= 0.6 is 0 Å². The summed E-state index contributed by atoms with van der Waals surface area (Å²) in [5.41, 5.74) is 5.40. The number of fused-ring (bicyclic) bond motifs is 1. The Morgan fingerprint density at radius 3 is 2.42 bits per heavy atom. The van der Waals surface area contributed by atoms with E-state index in [1.54, 1.807) is 13.3 Å². The van der Waals surface area contributed by atoms with Crippen molar-refractivity contribution in [2.75, 3.05) is 17.7 Å². The lowest BCUT2D eigenvalue weighted by molar-refractivity contribution is 0.102. The molecule has 164 valence electrons. The Hall–Kier alpha value is -4.32. The minimum absolute atomic E-state index is 0.155. The topological polar surface area (TPSA) is 68.2 Å². The van der Waals surface area contributed by atoms with Gasteiger partial charge in [-0.05, 0) is 60.5 Å². The number of amides is 1. The first-order chi connectivity index (χ1) is 16.1. The average molecular weight is 437 g/mol. The number of ether oxygens (including phenoxy) is 1. The molecule has 4 aromatic rings. The second-order valence-corrected chi connectivity index (χ2v) is 7.96. The zero-order chi connectivity index (χ0) is 22.8. The smallest absolute Gasteiger partial charge is 0.261 e. The van der Waals surface area contributed by atoms with Gasteiger partial charge in [-0.15, -0.1) is 0 Å². The van der Waals surface area contributed by atoms with Gasteiger partial charge in [0.2, 0.25) is 0 Å². The number of benzene rings is 3. The largest absolute Gasteiger partial charge is 0.497 e. The van der Waals surface area contributed by atoms with Crippen molar-refractivity contribution < 1.29 is 9.53 Å². The van der Waals surface area contributed by atoms with Crippen molar-refractivity contribution in [3.8, 4) is 5.75 Å². The Morgan fingerprint density at radius 1 is 1.00 bits per heavy atom. The summed E-state index contributed by atoms with van der Waals surface area (Å²) in [6.45, 7) is 2.07. The fraction of sp³-hybridized carbons (Fsp3) is 0.111. The molecule has 1 amide bonds. The summed E-state index contributed by atoms with van der Waals surface area (Å²) in [7, 11) is 1.65. The maximum absolute atomic E-state index is 13.1. The summed E-state index contributed by atoms with van der Waals surface area (Å²) < 4.78 is 7.16. The second kappa shape index (κ2) is 8.67. The van der Waals surface area contributed by atoms with Crippen LogP contribution in [-0.2, 0) is 0 Å². The molecule has 1 atom stereocenters. The molecule has 1 aromatic heterocycles. The van der Waals surface area contributed by atoms with Crippen molar-refractivity contribution in [3.05, 3.63) is 113 Å². The number of aryl methyl sites for hydroxylation is 1. The van der Waals surface area contributed by atoms with Gasteiger partial charge in [0, 0.05) is 11.4 Å². The molecule has 5 rings (SSSR count). The standard InChI is InChI=1S/C27H24N4O2/c1-18-8-10-20(11-9-18)25-16-24(19-12-14-22(33-2)15-13-19)30-26-23(17-28-31(25)26)27(32)29-21-6-4-3-5-7-21/h3-17,25,30H,1-2H3,(H,29,32)/t25-/m0/s1. The number of anilines is 2. The molecule has 0 saturated carbocycles. The van der Waals surface area contributed by atoms with Gasteiger partial charge in [-0.25, -0.2) is 4.68 Å². The summed E-state index contributed by atoms with van der Waals surface area (Å²) in [6, 6.07) is 25.5. The molecule has 0 fully saturated rings. The van der Waals surface area contributed by atoms with Crippen LogP contribution in [-0.4, -0.2) is 22.8 Å². The number of nitrogens with zero attached hydrogens (tertiary/aromatic N) is 2. The van der Waals surface area contributed by atoms with Crippen molar-refractivity contribution in [2.45, 2.75) is 13.0 Å². The van der Waals surface area contributed by atoms with E-state index in [0.717, 1.165) is 28.3 Å². The molecule has 1 aliphatic rings. The molecular weight excluding hydrogens is 412 g/mol. The SMILES string of the molecule is COc1ccc(C2=C[C@@H](c3ccc(C)cc3)n3ncc(C(=O)Nc4ccccc4)c3N2)cc1. The summed E-state index contributed by atoms with van der Waals surface area (Å²) >= 11 is 0. The van der Waals surface area contributed by atoms with Crippen LogP contribution in [0, 0.1) is 6.92 Å². The van der Waals surface area contributed by atoms with Crippen molar-refractivity contribution >= 4 is 23.1 Å². The van der Waals surface area contributed by atoms with E-state index in [2.05, 4.69) is 53.0 Å². The highest BCUT2D eigenvalue weighted by molar-refractivity contribution is 6.08. The third-order valence-electron chi connectivity index (χ3n) is 5.73. The molecule has 33 heavy (non-hydrogen) atoms. The highest BCUT2D eigenvalue weighted by Crippen LogP contribution is 2.36. The first-order valence-corrected chi connectivity index (χ1v) is 10.8. The third kappa shape index (κ3) is 4.11. The molecule has 0 aliphatic carbocycles. The third-order valence-corrected chi connectivity index (χ3v) is 5.73. The Bertz CT molecular complexity index is 1310. The van der Waals surface area contributed by atoms with E-state index in [-0.39, 0.29) is 11.9 Å². The maximum atomic E-state index is 13.1. The highest BCUT2D eigenvalue weighted by atomic mass is 16.5. The van der Waals surface area contributed by atoms with Crippen molar-refractivity contribution in [1.82, 2.24) is 9.78 Å². The van der Waals surface area contributed by atoms with E-state index in [1.165, 1.54) is 5.56 Å². The minimum atomic E-state index is -0.214. The van der Waals surface area contributed by atoms with Gasteiger partial charge in [0.25, 0.3) is 5.91 Å². The molecule has 0 bridgehead atoms. The molecule has 2 heterocycles. The van der Waals surface area contributed by atoms with Crippen LogP contribution in [0.3, 0.4) is 0 Å². The van der Waals surface area contributed by atoms with Gasteiger partial charge >= 0.3 is 0 Å². The molecule has 0 saturated heterocycles. The Morgan fingerprint density at radius 2 is 1.73 bits per heavy atom. The average Bonchev–Trinajstić information content (AvgIpc) is 3.29. The van der Waals surface area contributed by atoms with Crippen LogP contribution in [0.5, 0.6) is 5.75 Å². The fourth-order valence-electron chi connectivity index (χ4n) is 3.92. The monoisotopic (exact) mass is 436 g/mol. The maximum Gasteiger partial charge on any atom is 0.261 e. The lowest BCUT2D eigenvalue weighted by Gasteiger charge is -2.26. The number of nitrogens with one attached hydrogen (secondary N) is 2. The van der Waals surface area contributed by atoms with Gasteiger partial charge in [-0.3, -0.25) is 4.79 Å². The molecule has 6 nitrogen and oxygen atoms in total. The molecule has 3 aromatic carbocycles. The van der Waals surface area contributed by atoms with Crippen molar-refractivity contribution in [2.24, 2.45) is 0 Å². The number of carbonyl (C=O) groups is 1. The normalized spacial score (nSPS) is 14.6. The molecule has 0 radical (unpaired) electrons. The fourth-order valence-corrected chi connectivity index (χ4v) is 3.92. The zero-order valence-electron chi connectivity index (χ0n) is 18.4. The predicted octanol–water partition coefficient (Wildman–Crippen LogP) is 5.51. The number of hydrogen-bond acceptors (Lipinski definition) is 4. The van der Waals surface area contributed by atoms with E-state index >= 15 is 0 Å². The van der Waals surface area contributed by atoms with Crippen molar-refractivity contribution in [1.29, 1.82) is 0 Å². The summed E-state index contributed by atoms with van der Waals surface area (Å²) in [4.78, 5) is 13.1. The number of carbonyl (C=O) groups excluding carboxylic acids is 1. The minimum Gasteiger partial charge on any atom is -0.497 e. The van der Waals surface area contributed by atoms with Crippen LogP contribution in [0.25, 0.3) is 5.70 Å². The molecular formula is C27H24N4O2. The van der Waals surface area contributed by atoms with E-state index in [1.807, 2.05) is 59.3 Å². The van der Waals surface area contributed by atoms with E-state index < -0.39 is 0 Å². The van der Waals surface area contributed by atoms with Gasteiger partial charge in [0.1, 0.15) is 17.1 Å². The van der Waals surface area contributed by atoms with E-state index in [4.69, 9.17) is 4.74 Å². The first kappa shape index (κ1) is 20.6. The molecule has 2 N–H and O–H groups in total. The number of allylic oxidation sites excluding steroid dienone is 1. The Balaban J connectivity index is 1.55. The van der Waals surface area contributed by atoms with Gasteiger partial charge in [-0.1, -0.05) is 48.0 Å². The number of rotatable bonds is 5. The van der Waals surface area contributed by atoms with E-state index in [9.17, 15) is 4.79 Å². The van der Waals surface area contributed by atoms with Crippen LogP contribution in [0.2, 0.25) is 0 Å². The quantitative estimate of drug-likeness (QED) is 0.433. The lowest BCUT2D eigenvalue weighted by atomic mass is 10.00. The predicted molar refractivity (Wildman–Crippen MR) is 131 cm³/mol. The number of aromatic nitrogens is 2. The molecule has 1 aliphatic heterocycles. The number of methoxy groups -OCH3 is 1. The zero-order valence-corrected chi connectivity index (χ0v) is 18.4. The molecule has 0 unspecified atom stereocenters. The van der Waals surface area contributed by atoms with Crippen LogP contribution < -0.4 is 15.4 Å². The van der Waals surface area contributed by atoms with Gasteiger partial charge in [-0.2, -0.15) is 5.10 Å². The first-order valence-electron chi connectivity index (χ1n) is 10.8. The van der Waals surface area contributed by atoms with E-state index in [0.29, 0.717) is 11.4 Å². The van der Waals surface area contributed by atoms with Crippen molar-refractivity contribution in [3.63, 3.8) is 0 Å². The number of hydrogen-bond donors (Lipinski definition) is 2. The van der Waals surface area contributed by atoms with Crippen LogP contribution in [0.4, 0.5) is 11.5 Å². The van der Waals surface area contributed by atoms with Gasteiger partial charge < -0.3 is 15.4 Å². The van der Waals surface area contributed by atoms with Gasteiger partial charge in [0.15, 0.2) is 0 Å². The summed E-state index contributed by atoms with van der Waals surface area (Å²) in [5.74, 6) is 1.23. The lowest BCUT2D eigenvalue weighted by Crippen LogP contribution is -2.22. The van der Waals surface area contributed by atoms with Crippen LogP contribution in [0.15, 0.2) is 91.1 Å². The Kier molecular flexibility index (Phi) is 5.40. The number of para-hydroxylation sites is 1.